The molecule has 0 saturated heterocycles. The molecule has 2 aromatic rings. The molecule has 2 aliphatic rings. The van der Waals surface area contributed by atoms with Gasteiger partial charge < -0.3 is 9.47 Å². The number of fused-ring (bicyclic) bond motifs is 4. The average Bonchev–Trinajstić information content (AvgIpc) is 2.92. The van der Waals surface area contributed by atoms with Gasteiger partial charge in [-0.05, 0) is 53.6 Å². The first-order valence-electron chi connectivity index (χ1n) is 7.74. The molecule has 0 N–H and O–H groups in total. The number of carbonyl (C=O) groups is 1. The van der Waals surface area contributed by atoms with E-state index in [-0.39, 0.29) is 0 Å². The molecule has 5 heteroatoms. The minimum absolute atomic E-state index is 0.508. The van der Waals surface area contributed by atoms with Gasteiger partial charge in [-0.2, -0.15) is 0 Å². The maximum absolute atomic E-state index is 11.4. The number of carbonyl (C=O) groups excluding carboxylic acids is 1. The molecule has 2 aromatic carbocycles. The number of likely N-dealkylation sites (N-methyl/N-ethyl adjacent to an activating group) is 1. The number of hydrogen-bond acceptors (Lipinski definition) is 5. The third kappa shape index (κ3) is 2.60. The summed E-state index contributed by atoms with van der Waals surface area (Å²) in [4.78, 5) is 16.2. The van der Waals surface area contributed by atoms with E-state index < -0.39 is 6.16 Å². The molecule has 24 heavy (non-hydrogen) atoms. The Labute approximate surface area is 145 Å². The number of rotatable bonds is 1. The van der Waals surface area contributed by atoms with E-state index in [1.165, 1.54) is 33.6 Å². The van der Waals surface area contributed by atoms with Crippen LogP contribution in [0.5, 0.6) is 5.75 Å². The monoisotopic (exact) mass is 339 g/mol. The van der Waals surface area contributed by atoms with E-state index in [0.29, 0.717) is 5.75 Å². The second-order valence-electron chi connectivity index (χ2n) is 5.94. The van der Waals surface area contributed by atoms with Crippen LogP contribution in [-0.2, 0) is 4.74 Å². The van der Waals surface area contributed by atoms with Crippen LogP contribution in [0, 0.1) is 0 Å². The molecule has 0 fully saturated rings. The first-order chi connectivity index (χ1) is 11.7. The molecule has 122 valence electrons. The lowest BCUT2D eigenvalue weighted by Gasteiger charge is -2.13. The maximum Gasteiger partial charge on any atom is 0.513 e. The summed E-state index contributed by atoms with van der Waals surface area (Å²) in [6.45, 7) is 1.81. The highest BCUT2D eigenvalue weighted by Gasteiger charge is 2.28. The third-order valence-corrected chi connectivity index (χ3v) is 5.45. The van der Waals surface area contributed by atoms with Gasteiger partial charge in [-0.1, -0.05) is 30.0 Å². The molecular weight excluding hydrogens is 322 g/mol. The van der Waals surface area contributed by atoms with E-state index >= 15 is 0 Å². The molecule has 4 rings (SSSR count). The van der Waals surface area contributed by atoms with Crippen molar-refractivity contribution in [2.75, 3.05) is 27.2 Å². The first kappa shape index (κ1) is 15.3. The molecule has 2 heterocycles. The lowest BCUT2D eigenvalue weighted by Crippen LogP contribution is -2.15. The Hall–Kier alpha value is -2.24. The third-order valence-electron chi connectivity index (χ3n) is 4.30. The summed E-state index contributed by atoms with van der Waals surface area (Å²) in [7, 11) is 3.43. The van der Waals surface area contributed by atoms with Crippen LogP contribution in [0.1, 0.15) is 11.1 Å². The predicted octanol–water partition coefficient (Wildman–Crippen LogP) is 4.15. The molecule has 0 unspecified atom stereocenters. The fourth-order valence-electron chi connectivity index (χ4n) is 3.24. The molecule has 0 amide bonds. The van der Waals surface area contributed by atoms with Crippen LogP contribution < -0.4 is 4.74 Å². The van der Waals surface area contributed by atoms with Gasteiger partial charge in [-0.3, -0.25) is 4.90 Å². The van der Waals surface area contributed by atoms with Crippen molar-refractivity contribution in [2.45, 2.75) is 9.79 Å². The Bertz CT molecular complexity index is 859. The molecule has 4 nitrogen and oxygen atoms in total. The fourth-order valence-corrected chi connectivity index (χ4v) is 4.35. The summed E-state index contributed by atoms with van der Waals surface area (Å²) < 4.78 is 9.81. The lowest BCUT2D eigenvalue weighted by molar-refractivity contribution is 0.121. The van der Waals surface area contributed by atoms with E-state index in [1.54, 1.807) is 11.8 Å². The normalized spacial score (nSPS) is 16.1. The van der Waals surface area contributed by atoms with Crippen molar-refractivity contribution < 1.29 is 14.3 Å². The van der Waals surface area contributed by atoms with Gasteiger partial charge in [0.15, 0.2) is 0 Å². The van der Waals surface area contributed by atoms with E-state index in [0.717, 1.165) is 18.7 Å². The smallest absolute Gasteiger partial charge is 0.437 e. The highest BCUT2D eigenvalue weighted by molar-refractivity contribution is 7.99. The van der Waals surface area contributed by atoms with Gasteiger partial charge in [-0.15, -0.1) is 0 Å². The molecule has 0 spiro atoms. The van der Waals surface area contributed by atoms with Gasteiger partial charge in [-0.25, -0.2) is 4.79 Å². The number of benzene rings is 2. The van der Waals surface area contributed by atoms with E-state index in [1.807, 2.05) is 18.2 Å². The highest BCUT2D eigenvalue weighted by atomic mass is 32.2. The van der Waals surface area contributed by atoms with Gasteiger partial charge in [0.2, 0.25) is 0 Å². The summed E-state index contributed by atoms with van der Waals surface area (Å²) >= 11 is 1.76. The summed E-state index contributed by atoms with van der Waals surface area (Å²) in [5.74, 6) is 0.508. The molecule has 0 aromatic heterocycles. The summed E-state index contributed by atoms with van der Waals surface area (Å²) in [5.41, 5.74) is 5.10. The number of methoxy groups -OCH3 is 1. The van der Waals surface area contributed by atoms with Crippen molar-refractivity contribution in [3.63, 3.8) is 0 Å². The molecule has 0 radical (unpaired) electrons. The second kappa shape index (κ2) is 6.00. The number of ether oxygens (including phenoxy) is 2. The first-order valence-corrected chi connectivity index (χ1v) is 8.55. The molecule has 2 aliphatic heterocycles. The van der Waals surface area contributed by atoms with Crippen LogP contribution in [0.3, 0.4) is 0 Å². The lowest BCUT2D eigenvalue weighted by atomic mass is 9.97. The van der Waals surface area contributed by atoms with Crippen molar-refractivity contribution in [2.24, 2.45) is 0 Å². The van der Waals surface area contributed by atoms with Crippen molar-refractivity contribution in [3.8, 4) is 5.75 Å². The van der Waals surface area contributed by atoms with Crippen molar-refractivity contribution in [1.82, 2.24) is 4.90 Å². The quantitative estimate of drug-likeness (QED) is 0.576. The minimum atomic E-state index is -0.697. The Morgan fingerprint density at radius 1 is 1.04 bits per heavy atom. The fraction of sp³-hybridized carbons (Fsp3) is 0.211. The Balaban J connectivity index is 1.86. The van der Waals surface area contributed by atoms with Crippen molar-refractivity contribution >= 4 is 29.1 Å². The van der Waals surface area contributed by atoms with Crippen LogP contribution in [-0.4, -0.2) is 38.3 Å². The maximum atomic E-state index is 11.4. The van der Waals surface area contributed by atoms with Gasteiger partial charge in [0, 0.05) is 22.9 Å². The van der Waals surface area contributed by atoms with E-state index in [4.69, 9.17) is 4.74 Å². The molecule has 0 atom stereocenters. The van der Waals surface area contributed by atoms with Crippen molar-refractivity contribution in [3.05, 3.63) is 53.6 Å². The highest BCUT2D eigenvalue weighted by Crippen LogP contribution is 2.47. The largest absolute Gasteiger partial charge is 0.513 e. The Kier molecular flexibility index (Phi) is 3.82. The molecule has 0 aliphatic carbocycles. The average molecular weight is 339 g/mol. The zero-order valence-electron chi connectivity index (χ0n) is 13.5. The molecule has 0 bridgehead atoms. The van der Waals surface area contributed by atoms with Crippen LogP contribution in [0.2, 0.25) is 0 Å². The summed E-state index contributed by atoms with van der Waals surface area (Å²) in [5, 5.41) is 0. The summed E-state index contributed by atoms with van der Waals surface area (Å²) in [6.07, 6.45) is -0.697. The SMILES string of the molecule is COC(=O)Oc1ccc2c(c1)C1=C(CN(C)C1)c1ccccc1S2. The van der Waals surface area contributed by atoms with Crippen LogP contribution >= 0.6 is 11.8 Å². The second-order valence-corrected chi connectivity index (χ2v) is 7.03. The molecular formula is C19H17NO3S. The van der Waals surface area contributed by atoms with Gasteiger partial charge in [0.05, 0.1) is 7.11 Å². The van der Waals surface area contributed by atoms with Crippen LogP contribution in [0.25, 0.3) is 11.1 Å². The number of hydrogen-bond donors (Lipinski definition) is 0. The van der Waals surface area contributed by atoms with Crippen LogP contribution in [0.15, 0.2) is 52.3 Å². The Morgan fingerprint density at radius 2 is 1.75 bits per heavy atom. The van der Waals surface area contributed by atoms with Gasteiger partial charge in [0.1, 0.15) is 5.75 Å². The van der Waals surface area contributed by atoms with E-state index in [2.05, 4.69) is 40.9 Å². The topological polar surface area (TPSA) is 38.8 Å². The van der Waals surface area contributed by atoms with E-state index in [9.17, 15) is 4.79 Å². The number of nitrogens with zero attached hydrogens (tertiary/aromatic N) is 1. The molecule has 0 saturated carbocycles. The predicted molar refractivity (Wildman–Crippen MR) is 94.4 cm³/mol. The van der Waals surface area contributed by atoms with Gasteiger partial charge in [0.25, 0.3) is 0 Å². The Morgan fingerprint density at radius 3 is 2.54 bits per heavy atom. The van der Waals surface area contributed by atoms with Crippen molar-refractivity contribution in [1.29, 1.82) is 0 Å². The zero-order valence-corrected chi connectivity index (χ0v) is 14.4. The van der Waals surface area contributed by atoms with Crippen LogP contribution in [0.4, 0.5) is 4.79 Å². The zero-order chi connectivity index (χ0) is 16.7. The standard InChI is InChI=1S/C19H17NO3S/c1-20-10-15-13-5-3-4-6-17(13)24-18-8-7-12(23-19(21)22-2)9-14(18)16(15)11-20/h3-9H,10-11H2,1-2H3. The van der Waals surface area contributed by atoms with Gasteiger partial charge >= 0.3 is 6.16 Å². The summed E-state index contributed by atoms with van der Waals surface area (Å²) in [6, 6.07) is 14.3. The minimum Gasteiger partial charge on any atom is -0.437 e.